The zero-order valence-corrected chi connectivity index (χ0v) is 17.3. The number of carbonyl (C=O) groups excluding carboxylic acids is 1. The van der Waals surface area contributed by atoms with Gasteiger partial charge in [0.1, 0.15) is 5.75 Å². The van der Waals surface area contributed by atoms with E-state index in [2.05, 4.69) is 9.88 Å². The molecule has 4 rings (SSSR count). The van der Waals surface area contributed by atoms with Gasteiger partial charge in [-0.05, 0) is 42.3 Å². The van der Waals surface area contributed by atoms with Crippen molar-refractivity contribution in [1.82, 2.24) is 14.8 Å². The number of hydrogen-bond donors (Lipinski definition) is 2. The molecule has 30 heavy (non-hydrogen) atoms. The molecule has 1 amide bonds. The van der Waals surface area contributed by atoms with Gasteiger partial charge in [0.2, 0.25) is 5.91 Å². The third kappa shape index (κ3) is 3.52. The minimum atomic E-state index is -0.950. The largest absolute Gasteiger partial charge is 0.496 e. The first kappa shape index (κ1) is 20.0. The molecule has 1 saturated heterocycles. The van der Waals surface area contributed by atoms with Gasteiger partial charge >= 0.3 is 5.97 Å². The SMILES string of the molecule is COc1cc(C)c2[nH]ccc2c1CN1CC(=O)N(C)CC1c1ccc(C(=O)O)cc1. The normalized spacial score (nSPS) is 17.5. The average molecular weight is 407 g/mol. The maximum atomic E-state index is 12.5. The topological polar surface area (TPSA) is 85.9 Å². The highest BCUT2D eigenvalue weighted by Gasteiger charge is 2.32. The van der Waals surface area contributed by atoms with E-state index in [0.717, 1.165) is 33.3 Å². The Labute approximate surface area is 174 Å². The molecule has 0 saturated carbocycles. The number of rotatable bonds is 5. The van der Waals surface area contributed by atoms with Crippen LogP contribution in [0.3, 0.4) is 0 Å². The highest BCUT2D eigenvalue weighted by molar-refractivity contribution is 5.88. The van der Waals surface area contributed by atoms with E-state index < -0.39 is 5.97 Å². The first-order valence-corrected chi connectivity index (χ1v) is 9.84. The van der Waals surface area contributed by atoms with Gasteiger partial charge in [-0.15, -0.1) is 0 Å². The van der Waals surface area contributed by atoms with Crippen LogP contribution in [0.5, 0.6) is 5.75 Å². The fourth-order valence-electron chi connectivity index (χ4n) is 4.20. The van der Waals surface area contributed by atoms with Crippen LogP contribution in [-0.4, -0.2) is 59.0 Å². The van der Waals surface area contributed by atoms with Crippen LogP contribution in [0.4, 0.5) is 0 Å². The summed E-state index contributed by atoms with van der Waals surface area (Å²) in [6, 6.07) is 10.9. The van der Waals surface area contributed by atoms with Crippen molar-refractivity contribution in [3.63, 3.8) is 0 Å². The average Bonchev–Trinajstić information content (AvgIpc) is 3.23. The number of hydrogen-bond acceptors (Lipinski definition) is 4. The zero-order chi connectivity index (χ0) is 21.4. The Kier molecular flexibility index (Phi) is 5.22. The van der Waals surface area contributed by atoms with E-state index in [9.17, 15) is 14.7 Å². The van der Waals surface area contributed by atoms with Crippen molar-refractivity contribution in [3.05, 3.63) is 64.8 Å². The Morgan fingerprint density at radius 2 is 2.00 bits per heavy atom. The Balaban J connectivity index is 1.73. The second-order valence-corrected chi connectivity index (χ2v) is 7.76. The Morgan fingerprint density at radius 3 is 2.67 bits per heavy atom. The number of carbonyl (C=O) groups is 2. The molecule has 1 aromatic heterocycles. The highest BCUT2D eigenvalue weighted by atomic mass is 16.5. The molecule has 2 heterocycles. The number of fused-ring (bicyclic) bond motifs is 1. The van der Waals surface area contributed by atoms with Crippen molar-refractivity contribution >= 4 is 22.8 Å². The Bertz CT molecular complexity index is 1100. The predicted molar refractivity (Wildman–Crippen MR) is 114 cm³/mol. The van der Waals surface area contributed by atoms with Crippen LogP contribution in [0.15, 0.2) is 42.6 Å². The predicted octanol–water partition coefficient (Wildman–Crippen LogP) is 3.20. The Hall–Kier alpha value is -3.32. The molecule has 0 spiro atoms. The summed E-state index contributed by atoms with van der Waals surface area (Å²) < 4.78 is 5.68. The van der Waals surface area contributed by atoms with Gasteiger partial charge in [0.15, 0.2) is 0 Å². The first-order chi connectivity index (χ1) is 14.4. The standard InChI is InChI=1S/C23H25N3O4/c1-14-10-20(30-3)18(17-8-9-24-22(14)17)11-26-13-21(27)25(2)12-19(26)15-4-6-16(7-5-15)23(28)29/h4-10,19,24H,11-13H2,1-3H3,(H,28,29). The lowest BCUT2D eigenvalue weighted by Crippen LogP contribution is -2.50. The molecule has 2 aromatic carbocycles. The van der Waals surface area contributed by atoms with Gasteiger partial charge in [-0.1, -0.05) is 12.1 Å². The third-order valence-corrected chi connectivity index (χ3v) is 5.89. The van der Waals surface area contributed by atoms with Crippen LogP contribution < -0.4 is 4.74 Å². The molecule has 1 aliphatic heterocycles. The lowest BCUT2D eigenvalue weighted by molar-refractivity contribution is -0.137. The molecule has 156 valence electrons. The van der Waals surface area contributed by atoms with Gasteiger partial charge in [0, 0.05) is 42.8 Å². The summed E-state index contributed by atoms with van der Waals surface area (Å²) in [6.45, 7) is 3.40. The maximum Gasteiger partial charge on any atom is 0.335 e. The minimum absolute atomic E-state index is 0.0458. The highest BCUT2D eigenvalue weighted by Crippen LogP contribution is 2.35. The number of piperazine rings is 1. The van der Waals surface area contributed by atoms with Crippen LogP contribution in [0, 0.1) is 6.92 Å². The van der Waals surface area contributed by atoms with E-state index in [4.69, 9.17) is 4.74 Å². The second-order valence-electron chi connectivity index (χ2n) is 7.76. The summed E-state index contributed by atoms with van der Waals surface area (Å²) >= 11 is 0. The number of aromatic carboxylic acids is 1. The molecule has 2 N–H and O–H groups in total. The van der Waals surface area contributed by atoms with Crippen LogP contribution >= 0.6 is 0 Å². The van der Waals surface area contributed by atoms with Gasteiger partial charge in [-0.25, -0.2) is 4.79 Å². The fraction of sp³-hybridized carbons (Fsp3) is 0.304. The summed E-state index contributed by atoms with van der Waals surface area (Å²) in [5.41, 5.74) is 4.43. The van der Waals surface area contributed by atoms with E-state index >= 15 is 0 Å². The van der Waals surface area contributed by atoms with Crippen LogP contribution in [0.2, 0.25) is 0 Å². The summed E-state index contributed by atoms with van der Waals surface area (Å²) in [4.78, 5) is 30.9. The number of aryl methyl sites for hydroxylation is 1. The number of methoxy groups -OCH3 is 1. The lowest BCUT2D eigenvalue weighted by Gasteiger charge is -2.40. The van der Waals surface area contributed by atoms with Crippen molar-refractivity contribution in [2.75, 3.05) is 27.2 Å². The Morgan fingerprint density at radius 1 is 1.27 bits per heavy atom. The number of amides is 1. The molecule has 3 aromatic rings. The number of nitrogens with one attached hydrogen (secondary N) is 1. The van der Waals surface area contributed by atoms with Crippen molar-refractivity contribution < 1.29 is 19.4 Å². The van der Waals surface area contributed by atoms with Gasteiger partial charge in [0.05, 0.1) is 25.3 Å². The smallest absolute Gasteiger partial charge is 0.335 e. The van der Waals surface area contributed by atoms with E-state index in [1.165, 1.54) is 0 Å². The molecular formula is C23H25N3O4. The number of likely N-dealkylation sites (N-methyl/N-ethyl adjacent to an activating group) is 1. The summed E-state index contributed by atoms with van der Waals surface area (Å²) in [7, 11) is 3.46. The van der Waals surface area contributed by atoms with Gasteiger partial charge in [-0.3, -0.25) is 9.69 Å². The molecule has 0 aliphatic carbocycles. The van der Waals surface area contributed by atoms with E-state index in [-0.39, 0.29) is 24.1 Å². The minimum Gasteiger partial charge on any atom is -0.496 e. The number of aromatic amines is 1. The van der Waals surface area contributed by atoms with Gasteiger partial charge in [0.25, 0.3) is 0 Å². The number of carboxylic acid groups (broad SMARTS) is 1. The van der Waals surface area contributed by atoms with Crippen LogP contribution in [0.25, 0.3) is 10.9 Å². The number of benzene rings is 2. The lowest BCUT2D eigenvalue weighted by atomic mass is 9.98. The molecule has 0 bridgehead atoms. The number of carboxylic acids is 1. The van der Waals surface area contributed by atoms with Crippen LogP contribution in [-0.2, 0) is 11.3 Å². The summed E-state index contributed by atoms with van der Waals surface area (Å²) in [5.74, 6) is -0.0932. The van der Waals surface area contributed by atoms with E-state index in [1.807, 2.05) is 37.4 Å². The molecule has 1 atom stereocenters. The molecule has 1 aliphatic rings. The van der Waals surface area contributed by atoms with Crippen molar-refractivity contribution in [2.24, 2.45) is 0 Å². The van der Waals surface area contributed by atoms with Gasteiger partial charge in [-0.2, -0.15) is 0 Å². The van der Waals surface area contributed by atoms with Crippen molar-refractivity contribution in [3.8, 4) is 5.75 Å². The molecular weight excluding hydrogens is 382 g/mol. The molecule has 0 radical (unpaired) electrons. The number of ether oxygens (including phenoxy) is 1. The first-order valence-electron chi connectivity index (χ1n) is 9.84. The monoisotopic (exact) mass is 407 g/mol. The van der Waals surface area contributed by atoms with Crippen molar-refractivity contribution in [1.29, 1.82) is 0 Å². The van der Waals surface area contributed by atoms with E-state index in [0.29, 0.717) is 13.1 Å². The molecule has 7 heteroatoms. The summed E-state index contributed by atoms with van der Waals surface area (Å²) in [5, 5.41) is 10.3. The number of H-pyrrole nitrogens is 1. The number of nitrogens with zero attached hydrogens (tertiary/aromatic N) is 2. The fourth-order valence-corrected chi connectivity index (χ4v) is 4.20. The zero-order valence-electron chi connectivity index (χ0n) is 17.3. The second kappa shape index (κ2) is 7.84. The quantitative estimate of drug-likeness (QED) is 0.678. The van der Waals surface area contributed by atoms with E-state index in [1.54, 1.807) is 31.2 Å². The third-order valence-electron chi connectivity index (χ3n) is 5.89. The van der Waals surface area contributed by atoms with Crippen molar-refractivity contribution in [2.45, 2.75) is 19.5 Å². The number of aromatic nitrogens is 1. The summed E-state index contributed by atoms with van der Waals surface area (Å²) in [6.07, 6.45) is 1.91. The molecule has 1 fully saturated rings. The maximum absolute atomic E-state index is 12.5. The molecule has 7 nitrogen and oxygen atoms in total. The van der Waals surface area contributed by atoms with Crippen LogP contribution in [0.1, 0.15) is 33.1 Å². The molecule has 1 unspecified atom stereocenters. The van der Waals surface area contributed by atoms with Gasteiger partial charge < -0.3 is 19.7 Å².